The standard InChI is InChI=1S/C16H21N3O4S/c1-12-14(13-7-5-4-6-8-13)11-19(17-12)10-9-16(2,15(20)18-21)24(3,22)23/h4-8,11,21H,9-10H2,1-3H3,(H,18,20)/t16-/m1/s1. The Morgan fingerprint density at radius 3 is 2.50 bits per heavy atom. The van der Waals surface area contributed by atoms with Gasteiger partial charge in [0.2, 0.25) is 0 Å². The molecule has 0 unspecified atom stereocenters. The van der Waals surface area contributed by atoms with Crippen molar-refractivity contribution in [3.05, 3.63) is 42.2 Å². The molecule has 0 radical (unpaired) electrons. The summed E-state index contributed by atoms with van der Waals surface area (Å²) < 4.78 is 23.8. The van der Waals surface area contributed by atoms with Crippen LogP contribution in [0.25, 0.3) is 11.1 Å². The molecule has 0 spiro atoms. The number of hydrogen-bond acceptors (Lipinski definition) is 5. The summed E-state index contributed by atoms with van der Waals surface area (Å²) >= 11 is 0. The van der Waals surface area contributed by atoms with Gasteiger partial charge in [-0.1, -0.05) is 30.3 Å². The van der Waals surface area contributed by atoms with Crippen LogP contribution in [0, 0.1) is 6.92 Å². The van der Waals surface area contributed by atoms with E-state index < -0.39 is 20.5 Å². The van der Waals surface area contributed by atoms with Crippen molar-refractivity contribution in [3.63, 3.8) is 0 Å². The molecule has 0 aliphatic rings. The number of amides is 1. The minimum Gasteiger partial charge on any atom is -0.289 e. The van der Waals surface area contributed by atoms with Gasteiger partial charge in [-0.2, -0.15) is 5.10 Å². The van der Waals surface area contributed by atoms with E-state index in [-0.39, 0.29) is 13.0 Å². The first-order chi connectivity index (χ1) is 11.2. The number of hydrogen-bond donors (Lipinski definition) is 2. The molecule has 2 N–H and O–H groups in total. The van der Waals surface area contributed by atoms with Gasteiger partial charge >= 0.3 is 0 Å². The molecule has 2 rings (SSSR count). The molecule has 2 aromatic rings. The van der Waals surface area contributed by atoms with Gasteiger partial charge < -0.3 is 0 Å². The number of sulfone groups is 1. The fourth-order valence-electron chi connectivity index (χ4n) is 2.45. The van der Waals surface area contributed by atoms with Crippen LogP contribution >= 0.6 is 0 Å². The minimum absolute atomic E-state index is 0.00637. The monoisotopic (exact) mass is 351 g/mol. The molecule has 1 amide bonds. The summed E-state index contributed by atoms with van der Waals surface area (Å²) in [5.41, 5.74) is 4.22. The first kappa shape index (κ1) is 18.2. The SMILES string of the molecule is Cc1nn(CC[C@](C)(C(=O)NO)S(C)(=O)=O)cc1-c1ccccc1. The van der Waals surface area contributed by atoms with Crippen molar-refractivity contribution in [1.29, 1.82) is 0 Å². The van der Waals surface area contributed by atoms with Crippen molar-refractivity contribution in [3.8, 4) is 11.1 Å². The van der Waals surface area contributed by atoms with Crippen molar-refractivity contribution in [2.75, 3.05) is 6.26 Å². The number of nitrogens with zero attached hydrogens (tertiary/aromatic N) is 2. The highest BCUT2D eigenvalue weighted by atomic mass is 32.2. The maximum atomic E-state index is 12.0. The predicted octanol–water partition coefficient (Wildman–Crippen LogP) is 1.56. The number of aromatic nitrogens is 2. The summed E-state index contributed by atoms with van der Waals surface area (Å²) in [7, 11) is -3.71. The molecule has 0 bridgehead atoms. The largest absolute Gasteiger partial charge is 0.289 e. The summed E-state index contributed by atoms with van der Waals surface area (Å²) in [5.74, 6) is -0.947. The zero-order chi connectivity index (χ0) is 18.0. The number of carbonyl (C=O) groups is 1. The van der Waals surface area contributed by atoms with Crippen LogP contribution in [0.1, 0.15) is 19.0 Å². The van der Waals surface area contributed by atoms with Crippen molar-refractivity contribution >= 4 is 15.7 Å². The molecule has 130 valence electrons. The van der Waals surface area contributed by atoms with Gasteiger partial charge in [-0.3, -0.25) is 14.7 Å². The topological polar surface area (TPSA) is 101 Å². The van der Waals surface area contributed by atoms with Gasteiger partial charge in [-0.05, 0) is 25.8 Å². The van der Waals surface area contributed by atoms with Crippen molar-refractivity contribution in [2.24, 2.45) is 0 Å². The van der Waals surface area contributed by atoms with E-state index in [1.54, 1.807) is 4.68 Å². The second-order valence-electron chi connectivity index (χ2n) is 5.95. The number of aryl methyl sites for hydroxylation is 2. The average Bonchev–Trinajstić information content (AvgIpc) is 2.92. The van der Waals surface area contributed by atoms with Crippen LogP contribution < -0.4 is 5.48 Å². The maximum Gasteiger partial charge on any atom is 0.264 e. The first-order valence-corrected chi connectivity index (χ1v) is 9.32. The van der Waals surface area contributed by atoms with Crippen LogP contribution in [0.15, 0.2) is 36.5 Å². The molecule has 1 aromatic heterocycles. The fourth-order valence-corrected chi connectivity index (χ4v) is 3.29. The quantitative estimate of drug-likeness (QED) is 0.607. The van der Waals surface area contributed by atoms with Crippen molar-refractivity contribution < 1.29 is 18.4 Å². The van der Waals surface area contributed by atoms with E-state index in [2.05, 4.69) is 5.10 Å². The molecule has 8 heteroatoms. The molecule has 0 saturated carbocycles. The predicted molar refractivity (Wildman–Crippen MR) is 90.2 cm³/mol. The van der Waals surface area contributed by atoms with Crippen molar-refractivity contribution in [2.45, 2.75) is 31.6 Å². The Balaban J connectivity index is 2.25. The van der Waals surface area contributed by atoms with Crippen LogP contribution in [0.3, 0.4) is 0 Å². The number of rotatable bonds is 6. The molecule has 0 aliphatic heterocycles. The Bertz CT molecular complexity index is 830. The van der Waals surface area contributed by atoms with E-state index in [9.17, 15) is 13.2 Å². The van der Waals surface area contributed by atoms with E-state index in [1.165, 1.54) is 12.4 Å². The summed E-state index contributed by atoms with van der Waals surface area (Å²) in [4.78, 5) is 11.8. The minimum atomic E-state index is -3.71. The third-order valence-electron chi connectivity index (χ3n) is 4.25. The lowest BCUT2D eigenvalue weighted by molar-refractivity contribution is -0.131. The summed E-state index contributed by atoms with van der Waals surface area (Å²) in [6.45, 7) is 3.39. The first-order valence-electron chi connectivity index (χ1n) is 7.42. The lowest BCUT2D eigenvalue weighted by Crippen LogP contribution is -2.49. The van der Waals surface area contributed by atoms with Crippen LogP contribution in [-0.2, 0) is 21.2 Å². The van der Waals surface area contributed by atoms with Gasteiger partial charge in [0.15, 0.2) is 14.6 Å². The molecule has 1 atom stereocenters. The van der Waals surface area contributed by atoms with E-state index in [4.69, 9.17) is 5.21 Å². The summed E-state index contributed by atoms with van der Waals surface area (Å²) in [6, 6.07) is 9.72. The van der Waals surface area contributed by atoms with Crippen LogP contribution in [0.4, 0.5) is 0 Å². The Morgan fingerprint density at radius 1 is 1.33 bits per heavy atom. The fraction of sp³-hybridized carbons (Fsp3) is 0.375. The summed E-state index contributed by atoms with van der Waals surface area (Å²) in [6.07, 6.45) is 2.80. The highest BCUT2D eigenvalue weighted by molar-refractivity contribution is 7.92. The highest BCUT2D eigenvalue weighted by Gasteiger charge is 2.43. The van der Waals surface area contributed by atoms with Gasteiger partial charge in [0, 0.05) is 24.6 Å². The number of carbonyl (C=O) groups excluding carboxylic acids is 1. The Hall–Kier alpha value is -2.19. The smallest absolute Gasteiger partial charge is 0.264 e. The van der Waals surface area contributed by atoms with Crippen LogP contribution in [0.2, 0.25) is 0 Å². The van der Waals surface area contributed by atoms with E-state index in [1.807, 2.05) is 43.5 Å². The zero-order valence-electron chi connectivity index (χ0n) is 13.9. The molecular weight excluding hydrogens is 330 g/mol. The molecular formula is C16H21N3O4S. The Morgan fingerprint density at radius 2 is 1.96 bits per heavy atom. The van der Waals surface area contributed by atoms with Crippen molar-refractivity contribution in [1.82, 2.24) is 15.3 Å². The molecule has 24 heavy (non-hydrogen) atoms. The molecule has 0 aliphatic carbocycles. The Kier molecular flexibility index (Phi) is 5.10. The lowest BCUT2D eigenvalue weighted by atomic mass is 10.1. The van der Waals surface area contributed by atoms with E-state index in [0.717, 1.165) is 23.1 Å². The van der Waals surface area contributed by atoms with Gasteiger partial charge in [-0.15, -0.1) is 0 Å². The number of hydroxylamine groups is 1. The molecule has 0 saturated heterocycles. The molecule has 0 fully saturated rings. The van der Waals surface area contributed by atoms with Gasteiger partial charge in [0.25, 0.3) is 5.91 Å². The highest BCUT2D eigenvalue weighted by Crippen LogP contribution is 2.25. The second kappa shape index (κ2) is 6.74. The molecule has 1 aromatic carbocycles. The van der Waals surface area contributed by atoms with E-state index >= 15 is 0 Å². The molecule has 1 heterocycles. The van der Waals surface area contributed by atoms with E-state index in [0.29, 0.717) is 0 Å². The third-order valence-corrected chi connectivity index (χ3v) is 6.28. The normalized spacial score (nSPS) is 14.2. The second-order valence-corrected chi connectivity index (χ2v) is 8.40. The number of nitrogens with one attached hydrogen (secondary N) is 1. The third kappa shape index (κ3) is 3.49. The van der Waals surface area contributed by atoms with Gasteiger partial charge in [-0.25, -0.2) is 13.9 Å². The zero-order valence-corrected chi connectivity index (χ0v) is 14.7. The number of benzene rings is 1. The van der Waals surface area contributed by atoms with Crippen LogP contribution in [0.5, 0.6) is 0 Å². The van der Waals surface area contributed by atoms with Crippen LogP contribution in [-0.4, -0.2) is 40.3 Å². The van der Waals surface area contributed by atoms with Gasteiger partial charge in [0.1, 0.15) is 0 Å². The average molecular weight is 351 g/mol. The maximum absolute atomic E-state index is 12.0. The summed E-state index contributed by atoms with van der Waals surface area (Å²) in [5, 5.41) is 13.2. The molecule has 7 nitrogen and oxygen atoms in total. The Labute approximate surface area is 141 Å². The van der Waals surface area contributed by atoms with Gasteiger partial charge in [0.05, 0.1) is 5.69 Å². The lowest BCUT2D eigenvalue weighted by Gasteiger charge is -2.24.